The topological polar surface area (TPSA) is 132 Å². The number of nitro groups is 1. The van der Waals surface area contributed by atoms with E-state index >= 15 is 0 Å². The molecule has 0 aliphatic heterocycles. The van der Waals surface area contributed by atoms with Crippen LogP contribution in [0.2, 0.25) is 5.02 Å². The fraction of sp³-hybridized carbons (Fsp3) is 0.188. The number of rotatable bonds is 7. The van der Waals surface area contributed by atoms with Crippen molar-refractivity contribution in [1.82, 2.24) is 4.72 Å². The van der Waals surface area contributed by atoms with Crippen molar-refractivity contribution in [1.29, 1.82) is 0 Å². The Morgan fingerprint density at radius 3 is 2.42 bits per heavy atom. The van der Waals surface area contributed by atoms with Crippen LogP contribution in [-0.2, 0) is 21.2 Å². The predicted octanol–water partition coefficient (Wildman–Crippen LogP) is 1.87. The van der Waals surface area contributed by atoms with Gasteiger partial charge in [0.1, 0.15) is 0 Å². The molecule has 0 aliphatic carbocycles. The second-order valence-electron chi connectivity index (χ2n) is 5.49. The SMILES string of the molecule is NCC(Cc1cccc(Cl)c1)C(=O)NS(=O)(=O)c1ccc([N+](=O)[O-])cc1. The maximum absolute atomic E-state index is 12.3. The molecule has 2 rings (SSSR count). The molecule has 1 atom stereocenters. The zero-order valence-corrected chi connectivity index (χ0v) is 15.0. The molecule has 138 valence electrons. The van der Waals surface area contributed by atoms with Crippen LogP contribution in [0.4, 0.5) is 5.69 Å². The lowest BCUT2D eigenvalue weighted by Gasteiger charge is -2.15. The van der Waals surface area contributed by atoms with E-state index in [2.05, 4.69) is 0 Å². The molecule has 0 saturated heterocycles. The molecule has 0 saturated carbocycles. The Morgan fingerprint density at radius 1 is 1.23 bits per heavy atom. The van der Waals surface area contributed by atoms with E-state index in [1.165, 1.54) is 0 Å². The van der Waals surface area contributed by atoms with Crippen molar-refractivity contribution in [3.63, 3.8) is 0 Å². The van der Waals surface area contributed by atoms with E-state index in [9.17, 15) is 23.3 Å². The zero-order valence-electron chi connectivity index (χ0n) is 13.5. The molecule has 0 bridgehead atoms. The summed E-state index contributed by atoms with van der Waals surface area (Å²) in [6.45, 7) is -0.0614. The first-order valence-electron chi connectivity index (χ1n) is 7.48. The number of hydrogen-bond donors (Lipinski definition) is 2. The number of nitrogens with two attached hydrogens (primary N) is 1. The van der Waals surface area contributed by atoms with Gasteiger partial charge in [-0.25, -0.2) is 13.1 Å². The highest BCUT2D eigenvalue weighted by Gasteiger charge is 2.24. The van der Waals surface area contributed by atoms with Gasteiger partial charge in [-0.05, 0) is 36.2 Å². The van der Waals surface area contributed by atoms with Gasteiger partial charge in [0.2, 0.25) is 5.91 Å². The summed E-state index contributed by atoms with van der Waals surface area (Å²) in [7, 11) is -4.16. The first-order valence-corrected chi connectivity index (χ1v) is 9.34. The standard InChI is InChI=1S/C16H16ClN3O5S/c17-13-3-1-2-11(9-13)8-12(10-18)16(21)19-26(24,25)15-6-4-14(5-7-15)20(22)23/h1-7,9,12H,8,10,18H2,(H,19,21). The van der Waals surface area contributed by atoms with E-state index in [0.717, 1.165) is 29.8 Å². The van der Waals surface area contributed by atoms with E-state index in [1.54, 1.807) is 24.3 Å². The molecule has 0 aliphatic rings. The summed E-state index contributed by atoms with van der Waals surface area (Å²) in [5.41, 5.74) is 6.10. The zero-order chi connectivity index (χ0) is 19.3. The molecule has 2 aromatic carbocycles. The Hall–Kier alpha value is -2.49. The second kappa shape index (κ2) is 8.26. The Bertz CT molecular complexity index is 916. The van der Waals surface area contributed by atoms with E-state index in [0.29, 0.717) is 5.02 Å². The molecular formula is C16H16ClN3O5S. The van der Waals surface area contributed by atoms with Crippen LogP contribution in [0.1, 0.15) is 5.56 Å². The van der Waals surface area contributed by atoms with Crippen molar-refractivity contribution in [3.05, 3.63) is 69.2 Å². The maximum atomic E-state index is 12.3. The van der Waals surface area contributed by atoms with Crippen molar-refractivity contribution in [2.45, 2.75) is 11.3 Å². The van der Waals surface area contributed by atoms with Crippen LogP contribution in [-0.4, -0.2) is 25.8 Å². The van der Waals surface area contributed by atoms with Crippen molar-refractivity contribution >= 4 is 33.2 Å². The Labute approximate surface area is 155 Å². The smallest absolute Gasteiger partial charge is 0.269 e. The van der Waals surface area contributed by atoms with Crippen LogP contribution >= 0.6 is 11.6 Å². The quantitative estimate of drug-likeness (QED) is 0.541. The van der Waals surface area contributed by atoms with Crippen molar-refractivity contribution in [3.8, 4) is 0 Å². The van der Waals surface area contributed by atoms with Crippen LogP contribution in [0.3, 0.4) is 0 Å². The summed E-state index contributed by atoms with van der Waals surface area (Å²) < 4.78 is 26.5. The van der Waals surface area contributed by atoms with Gasteiger partial charge < -0.3 is 5.73 Å². The molecule has 0 spiro atoms. The summed E-state index contributed by atoms with van der Waals surface area (Å²) in [5, 5.41) is 11.1. The molecule has 2 aromatic rings. The number of non-ortho nitro benzene ring substituents is 1. The third kappa shape index (κ3) is 5.01. The number of nitrogens with zero attached hydrogens (tertiary/aromatic N) is 1. The molecule has 0 fully saturated rings. The van der Waals surface area contributed by atoms with Crippen LogP contribution in [0.15, 0.2) is 53.4 Å². The monoisotopic (exact) mass is 397 g/mol. The number of nitro benzene ring substituents is 1. The van der Waals surface area contributed by atoms with Crippen LogP contribution < -0.4 is 10.5 Å². The van der Waals surface area contributed by atoms with Gasteiger partial charge in [0.05, 0.1) is 15.7 Å². The van der Waals surface area contributed by atoms with E-state index in [4.69, 9.17) is 17.3 Å². The van der Waals surface area contributed by atoms with Gasteiger partial charge in [-0.2, -0.15) is 0 Å². The third-order valence-corrected chi connectivity index (χ3v) is 5.22. The van der Waals surface area contributed by atoms with Gasteiger partial charge in [0.25, 0.3) is 15.7 Å². The molecular weight excluding hydrogens is 382 g/mol. The highest BCUT2D eigenvalue weighted by Crippen LogP contribution is 2.17. The van der Waals surface area contributed by atoms with Gasteiger partial charge in [-0.3, -0.25) is 14.9 Å². The summed E-state index contributed by atoms with van der Waals surface area (Å²) in [6, 6.07) is 11.0. The molecule has 10 heteroatoms. The van der Waals surface area contributed by atoms with Gasteiger partial charge >= 0.3 is 0 Å². The van der Waals surface area contributed by atoms with E-state index in [-0.39, 0.29) is 23.5 Å². The van der Waals surface area contributed by atoms with Crippen molar-refractivity contribution < 1.29 is 18.1 Å². The number of halogens is 1. The van der Waals surface area contributed by atoms with Crippen molar-refractivity contribution in [2.24, 2.45) is 11.7 Å². The first kappa shape index (κ1) is 19.8. The van der Waals surface area contributed by atoms with Gasteiger partial charge in [0.15, 0.2) is 0 Å². The molecule has 0 aromatic heterocycles. The van der Waals surface area contributed by atoms with Crippen molar-refractivity contribution in [2.75, 3.05) is 6.54 Å². The third-order valence-electron chi connectivity index (χ3n) is 3.62. The lowest BCUT2D eigenvalue weighted by atomic mass is 9.99. The summed E-state index contributed by atoms with van der Waals surface area (Å²) in [4.78, 5) is 22.0. The summed E-state index contributed by atoms with van der Waals surface area (Å²) >= 11 is 5.90. The normalized spacial score (nSPS) is 12.4. The summed E-state index contributed by atoms with van der Waals surface area (Å²) in [5.74, 6) is -1.54. The van der Waals surface area contributed by atoms with Gasteiger partial charge in [0, 0.05) is 23.7 Å². The average Bonchev–Trinajstić information content (AvgIpc) is 2.59. The number of sulfonamides is 1. The summed E-state index contributed by atoms with van der Waals surface area (Å²) in [6.07, 6.45) is 0.221. The number of amides is 1. The minimum Gasteiger partial charge on any atom is -0.330 e. The molecule has 3 N–H and O–H groups in total. The molecule has 1 amide bonds. The molecule has 0 heterocycles. The maximum Gasteiger partial charge on any atom is 0.269 e. The van der Waals surface area contributed by atoms with E-state index in [1.807, 2.05) is 4.72 Å². The lowest BCUT2D eigenvalue weighted by Crippen LogP contribution is -2.39. The number of carbonyl (C=O) groups excluding carboxylic acids is 1. The average molecular weight is 398 g/mol. The van der Waals surface area contributed by atoms with Gasteiger partial charge in [-0.1, -0.05) is 23.7 Å². The minimum atomic E-state index is -4.16. The van der Waals surface area contributed by atoms with Crippen LogP contribution in [0.5, 0.6) is 0 Å². The largest absolute Gasteiger partial charge is 0.330 e. The second-order valence-corrected chi connectivity index (χ2v) is 7.61. The van der Waals surface area contributed by atoms with Crippen LogP contribution in [0.25, 0.3) is 0 Å². The number of hydrogen-bond acceptors (Lipinski definition) is 6. The fourth-order valence-electron chi connectivity index (χ4n) is 2.25. The fourth-order valence-corrected chi connectivity index (χ4v) is 3.51. The number of carbonyl (C=O) groups is 1. The molecule has 1 unspecified atom stereocenters. The number of benzene rings is 2. The lowest BCUT2D eigenvalue weighted by molar-refractivity contribution is -0.384. The van der Waals surface area contributed by atoms with Crippen LogP contribution in [0, 0.1) is 16.0 Å². The molecule has 0 radical (unpaired) electrons. The predicted molar refractivity (Wildman–Crippen MR) is 96.1 cm³/mol. The first-order chi connectivity index (χ1) is 12.2. The van der Waals surface area contributed by atoms with Gasteiger partial charge in [-0.15, -0.1) is 0 Å². The highest BCUT2D eigenvalue weighted by molar-refractivity contribution is 7.90. The molecule has 26 heavy (non-hydrogen) atoms. The molecule has 8 nitrogen and oxygen atoms in total. The van der Waals surface area contributed by atoms with E-state index < -0.39 is 26.8 Å². The Morgan fingerprint density at radius 2 is 1.88 bits per heavy atom. The minimum absolute atomic E-state index is 0.0614. The Balaban J connectivity index is 2.13. The number of nitrogens with one attached hydrogen (secondary N) is 1. The Kier molecular flexibility index (Phi) is 6.30. The highest BCUT2D eigenvalue weighted by atomic mass is 35.5.